The van der Waals surface area contributed by atoms with Crippen molar-refractivity contribution in [1.29, 1.82) is 0 Å². The second kappa shape index (κ2) is 3.13. The quantitative estimate of drug-likeness (QED) is 0.735. The normalized spacial score (nSPS) is 13.5. The van der Waals surface area contributed by atoms with E-state index in [-0.39, 0.29) is 6.10 Å². The van der Waals surface area contributed by atoms with E-state index in [2.05, 4.69) is 31.2 Å². The highest BCUT2D eigenvalue weighted by molar-refractivity contribution is 7.19. The van der Waals surface area contributed by atoms with Gasteiger partial charge in [-0.3, -0.25) is 0 Å². The number of benzene rings is 1. The van der Waals surface area contributed by atoms with E-state index in [0.29, 0.717) is 0 Å². The fourth-order valence-electron chi connectivity index (χ4n) is 1.43. The summed E-state index contributed by atoms with van der Waals surface area (Å²) in [6.45, 7) is 3.91. The molecule has 1 nitrogen and oxygen atoms in total. The lowest BCUT2D eigenvalue weighted by Crippen LogP contribution is -1.83. The summed E-state index contributed by atoms with van der Waals surface area (Å²) < 4.78 is 1.29. The highest BCUT2D eigenvalue weighted by Gasteiger charge is 2.07. The first-order valence-electron chi connectivity index (χ1n) is 4.35. The minimum absolute atomic E-state index is 0.350. The zero-order valence-corrected chi connectivity index (χ0v) is 8.56. The Morgan fingerprint density at radius 3 is 2.77 bits per heavy atom. The SMILES string of the molecule is Cc1cccc2cc(C(C)O)sc12. The number of rotatable bonds is 1. The molecular formula is C11H12OS. The number of fused-ring (bicyclic) bond motifs is 1. The molecule has 2 heteroatoms. The largest absolute Gasteiger partial charge is 0.388 e. The number of aliphatic hydroxyl groups excluding tert-OH is 1. The lowest BCUT2D eigenvalue weighted by atomic mass is 10.2. The minimum Gasteiger partial charge on any atom is -0.388 e. The zero-order chi connectivity index (χ0) is 9.42. The fraction of sp³-hybridized carbons (Fsp3) is 0.273. The molecule has 1 heterocycles. The summed E-state index contributed by atoms with van der Waals surface area (Å²) in [6, 6.07) is 8.31. The Balaban J connectivity index is 2.68. The molecule has 2 rings (SSSR count). The summed E-state index contributed by atoms with van der Waals surface area (Å²) in [7, 11) is 0. The number of aryl methyl sites for hydroxylation is 1. The van der Waals surface area contributed by atoms with Gasteiger partial charge < -0.3 is 5.11 Å². The van der Waals surface area contributed by atoms with Crippen LogP contribution in [-0.2, 0) is 0 Å². The third-order valence-corrected chi connectivity index (χ3v) is 3.63. The van der Waals surface area contributed by atoms with Gasteiger partial charge in [0.2, 0.25) is 0 Å². The number of thiophene rings is 1. The predicted molar refractivity (Wildman–Crippen MR) is 57.2 cm³/mol. The second-order valence-electron chi connectivity index (χ2n) is 3.32. The van der Waals surface area contributed by atoms with Crippen molar-refractivity contribution in [3.05, 3.63) is 34.7 Å². The topological polar surface area (TPSA) is 20.2 Å². The van der Waals surface area contributed by atoms with E-state index < -0.39 is 0 Å². The first kappa shape index (κ1) is 8.73. The van der Waals surface area contributed by atoms with Gasteiger partial charge in [0.1, 0.15) is 0 Å². The molecule has 1 N–H and O–H groups in total. The van der Waals surface area contributed by atoms with Crippen LogP contribution in [0.1, 0.15) is 23.5 Å². The lowest BCUT2D eigenvalue weighted by molar-refractivity contribution is 0.203. The lowest BCUT2D eigenvalue weighted by Gasteiger charge is -1.96. The molecule has 0 radical (unpaired) electrons. The van der Waals surface area contributed by atoms with Gasteiger partial charge >= 0.3 is 0 Å². The summed E-state index contributed by atoms with van der Waals surface area (Å²) >= 11 is 1.68. The molecule has 0 aliphatic rings. The fourth-order valence-corrected chi connectivity index (χ4v) is 2.50. The summed E-state index contributed by atoms with van der Waals surface area (Å²) in [6.07, 6.45) is -0.350. The minimum atomic E-state index is -0.350. The Labute approximate surface area is 81.6 Å². The predicted octanol–water partition coefficient (Wildman–Crippen LogP) is 3.26. The van der Waals surface area contributed by atoms with Crippen molar-refractivity contribution in [3.63, 3.8) is 0 Å². The van der Waals surface area contributed by atoms with Gasteiger partial charge in [-0.1, -0.05) is 18.2 Å². The molecule has 2 aromatic rings. The van der Waals surface area contributed by atoms with E-state index in [1.54, 1.807) is 18.3 Å². The first-order valence-corrected chi connectivity index (χ1v) is 5.17. The highest BCUT2D eigenvalue weighted by atomic mass is 32.1. The molecular weight excluding hydrogens is 180 g/mol. The molecule has 13 heavy (non-hydrogen) atoms. The van der Waals surface area contributed by atoms with Crippen LogP contribution in [0.15, 0.2) is 24.3 Å². The van der Waals surface area contributed by atoms with Gasteiger partial charge in [0, 0.05) is 9.58 Å². The number of aliphatic hydroxyl groups is 1. The third kappa shape index (κ3) is 1.47. The van der Waals surface area contributed by atoms with E-state index in [4.69, 9.17) is 0 Å². The molecule has 0 fully saturated rings. The van der Waals surface area contributed by atoms with Crippen LogP contribution < -0.4 is 0 Å². The van der Waals surface area contributed by atoms with E-state index in [1.165, 1.54) is 15.6 Å². The van der Waals surface area contributed by atoms with Gasteiger partial charge in [-0.2, -0.15) is 0 Å². The Morgan fingerprint density at radius 2 is 2.15 bits per heavy atom. The standard InChI is InChI=1S/C11H12OS/c1-7-4-3-5-9-6-10(8(2)12)13-11(7)9/h3-6,8,12H,1-2H3. The van der Waals surface area contributed by atoms with Gasteiger partial charge in [0.15, 0.2) is 0 Å². The molecule has 1 aromatic carbocycles. The Bertz CT molecular complexity index is 429. The maximum atomic E-state index is 9.43. The van der Waals surface area contributed by atoms with E-state index >= 15 is 0 Å². The van der Waals surface area contributed by atoms with Crippen molar-refractivity contribution in [2.45, 2.75) is 20.0 Å². The molecule has 0 bridgehead atoms. The van der Waals surface area contributed by atoms with Crippen LogP contribution in [0.5, 0.6) is 0 Å². The zero-order valence-electron chi connectivity index (χ0n) is 7.74. The van der Waals surface area contributed by atoms with Gasteiger partial charge in [0.05, 0.1) is 6.10 Å². The smallest absolute Gasteiger partial charge is 0.0854 e. The summed E-state index contributed by atoms with van der Waals surface area (Å²) in [5, 5.41) is 10.7. The van der Waals surface area contributed by atoms with Crippen LogP contribution in [0.2, 0.25) is 0 Å². The van der Waals surface area contributed by atoms with Crippen molar-refractivity contribution in [2.24, 2.45) is 0 Å². The molecule has 1 unspecified atom stereocenters. The van der Waals surface area contributed by atoms with E-state index in [1.807, 2.05) is 0 Å². The van der Waals surface area contributed by atoms with Crippen molar-refractivity contribution >= 4 is 21.4 Å². The monoisotopic (exact) mass is 192 g/mol. The number of hydrogen-bond donors (Lipinski definition) is 1. The molecule has 0 amide bonds. The maximum absolute atomic E-state index is 9.43. The molecule has 0 aliphatic carbocycles. The maximum Gasteiger partial charge on any atom is 0.0854 e. The number of hydrogen-bond acceptors (Lipinski definition) is 2. The summed E-state index contributed by atoms with van der Waals surface area (Å²) in [5.74, 6) is 0. The van der Waals surface area contributed by atoms with E-state index in [0.717, 1.165) is 4.88 Å². The van der Waals surface area contributed by atoms with Gasteiger partial charge in [0.25, 0.3) is 0 Å². The van der Waals surface area contributed by atoms with Crippen molar-refractivity contribution < 1.29 is 5.11 Å². The van der Waals surface area contributed by atoms with Crippen LogP contribution in [0, 0.1) is 6.92 Å². The molecule has 0 spiro atoms. The molecule has 1 aromatic heterocycles. The van der Waals surface area contributed by atoms with Crippen LogP contribution >= 0.6 is 11.3 Å². The Kier molecular flexibility index (Phi) is 2.10. The van der Waals surface area contributed by atoms with Gasteiger partial charge in [-0.15, -0.1) is 11.3 Å². The third-order valence-electron chi connectivity index (χ3n) is 2.17. The van der Waals surface area contributed by atoms with Crippen LogP contribution in [0.4, 0.5) is 0 Å². The molecule has 0 aliphatic heterocycles. The van der Waals surface area contributed by atoms with Crippen LogP contribution in [0.25, 0.3) is 10.1 Å². The highest BCUT2D eigenvalue weighted by Crippen LogP contribution is 2.31. The average molecular weight is 192 g/mol. The average Bonchev–Trinajstić information content (AvgIpc) is 2.49. The van der Waals surface area contributed by atoms with Gasteiger partial charge in [-0.25, -0.2) is 0 Å². The van der Waals surface area contributed by atoms with Crippen molar-refractivity contribution in [2.75, 3.05) is 0 Å². The van der Waals surface area contributed by atoms with Crippen molar-refractivity contribution in [3.8, 4) is 0 Å². The molecule has 1 atom stereocenters. The van der Waals surface area contributed by atoms with Gasteiger partial charge in [-0.05, 0) is 30.9 Å². The van der Waals surface area contributed by atoms with Crippen LogP contribution in [-0.4, -0.2) is 5.11 Å². The van der Waals surface area contributed by atoms with Crippen LogP contribution in [0.3, 0.4) is 0 Å². The Hall–Kier alpha value is -0.860. The first-order chi connectivity index (χ1) is 6.18. The summed E-state index contributed by atoms with van der Waals surface area (Å²) in [5.41, 5.74) is 1.29. The van der Waals surface area contributed by atoms with E-state index in [9.17, 15) is 5.11 Å². The molecule has 0 saturated heterocycles. The Morgan fingerprint density at radius 1 is 1.38 bits per heavy atom. The van der Waals surface area contributed by atoms with Crippen molar-refractivity contribution in [1.82, 2.24) is 0 Å². The molecule has 0 saturated carbocycles. The molecule has 68 valence electrons. The summed E-state index contributed by atoms with van der Waals surface area (Å²) in [4.78, 5) is 1.05. The second-order valence-corrected chi connectivity index (χ2v) is 4.40.